The number of benzene rings is 1. The molecular weight excluding hydrogens is 287 g/mol. The highest BCUT2D eigenvalue weighted by atomic mass is 19.1. The average molecular weight is 308 g/mol. The molecule has 120 valence electrons. The molecule has 2 aromatic rings. The number of nitrogens with one attached hydrogen (secondary N) is 1. The van der Waals surface area contributed by atoms with Crippen molar-refractivity contribution in [3.8, 4) is 0 Å². The number of carbonyl (C=O) groups is 1. The minimum atomic E-state index is -0.864. The molecule has 1 unspecified atom stereocenters. The number of aromatic nitrogens is 1. The lowest BCUT2D eigenvalue weighted by molar-refractivity contribution is -0.00939. The van der Waals surface area contributed by atoms with Crippen LogP contribution in [0.4, 0.5) is 9.18 Å². The van der Waals surface area contributed by atoms with Crippen molar-refractivity contribution >= 4 is 17.0 Å². The van der Waals surface area contributed by atoms with E-state index in [2.05, 4.69) is 4.98 Å². The normalized spacial score (nSPS) is 13.3. The SMILES string of the molecule is CC(C)(OC(N)=O)C(CCO)Cc1cc(F)cc2cc[nH]c12. The third kappa shape index (κ3) is 3.57. The lowest BCUT2D eigenvalue weighted by Gasteiger charge is -2.33. The fraction of sp³-hybridized carbons (Fsp3) is 0.438. The van der Waals surface area contributed by atoms with Crippen LogP contribution in [0, 0.1) is 11.7 Å². The summed E-state index contributed by atoms with van der Waals surface area (Å²) in [5.41, 5.74) is 5.88. The largest absolute Gasteiger partial charge is 0.443 e. The summed E-state index contributed by atoms with van der Waals surface area (Å²) in [6.45, 7) is 3.42. The molecule has 1 amide bonds. The molecule has 1 aromatic heterocycles. The number of aliphatic hydroxyl groups excluding tert-OH is 1. The molecule has 0 fully saturated rings. The minimum Gasteiger partial charge on any atom is -0.443 e. The van der Waals surface area contributed by atoms with Crippen LogP contribution in [-0.2, 0) is 11.2 Å². The molecule has 1 aromatic carbocycles. The predicted octanol–water partition coefficient (Wildman–Crippen LogP) is 2.72. The number of halogens is 1. The van der Waals surface area contributed by atoms with E-state index in [9.17, 15) is 14.3 Å². The number of primary amides is 1. The molecule has 1 atom stereocenters. The van der Waals surface area contributed by atoms with Crippen LogP contribution in [-0.4, -0.2) is 28.4 Å². The Morgan fingerprint density at radius 1 is 1.50 bits per heavy atom. The summed E-state index contributed by atoms with van der Waals surface area (Å²) in [7, 11) is 0. The quantitative estimate of drug-likeness (QED) is 0.766. The van der Waals surface area contributed by atoms with E-state index in [-0.39, 0.29) is 18.3 Å². The first-order chi connectivity index (χ1) is 10.3. The van der Waals surface area contributed by atoms with E-state index in [0.717, 1.165) is 16.5 Å². The van der Waals surface area contributed by atoms with Crippen molar-refractivity contribution in [3.05, 3.63) is 35.8 Å². The van der Waals surface area contributed by atoms with Crippen LogP contribution in [0.5, 0.6) is 0 Å². The molecule has 6 heteroatoms. The Balaban J connectivity index is 2.33. The van der Waals surface area contributed by atoms with Gasteiger partial charge in [-0.05, 0) is 50.5 Å². The first kappa shape index (κ1) is 16.3. The monoisotopic (exact) mass is 308 g/mol. The summed E-state index contributed by atoms with van der Waals surface area (Å²) in [5, 5.41) is 10.1. The molecule has 0 aliphatic heterocycles. The van der Waals surface area contributed by atoms with Gasteiger partial charge in [-0.3, -0.25) is 0 Å². The number of aliphatic hydroxyl groups is 1. The molecule has 4 N–H and O–H groups in total. The summed E-state index contributed by atoms with van der Waals surface area (Å²) >= 11 is 0. The molecule has 22 heavy (non-hydrogen) atoms. The van der Waals surface area contributed by atoms with Crippen molar-refractivity contribution in [2.75, 3.05) is 6.61 Å². The highest BCUT2D eigenvalue weighted by Crippen LogP contribution is 2.30. The number of rotatable bonds is 6. The molecule has 0 bridgehead atoms. The number of ether oxygens (including phenoxy) is 1. The molecule has 0 aliphatic rings. The van der Waals surface area contributed by atoms with Crippen LogP contribution < -0.4 is 5.73 Å². The molecule has 0 spiro atoms. The fourth-order valence-corrected chi connectivity index (χ4v) is 2.83. The molecule has 0 radical (unpaired) electrons. The van der Waals surface area contributed by atoms with Crippen LogP contribution in [0.25, 0.3) is 10.9 Å². The zero-order valence-electron chi connectivity index (χ0n) is 12.7. The van der Waals surface area contributed by atoms with E-state index in [4.69, 9.17) is 10.5 Å². The van der Waals surface area contributed by atoms with E-state index in [1.807, 2.05) is 0 Å². The van der Waals surface area contributed by atoms with Gasteiger partial charge < -0.3 is 20.6 Å². The number of aromatic amines is 1. The minimum absolute atomic E-state index is 0.0561. The molecule has 0 saturated carbocycles. The number of carbonyl (C=O) groups excluding carboxylic acids is 1. The third-order valence-electron chi connectivity index (χ3n) is 4.00. The maximum absolute atomic E-state index is 13.7. The molecule has 1 heterocycles. The molecule has 2 rings (SSSR count). The average Bonchev–Trinajstić information content (AvgIpc) is 2.84. The predicted molar refractivity (Wildman–Crippen MR) is 81.9 cm³/mol. The van der Waals surface area contributed by atoms with Crippen LogP contribution in [0.2, 0.25) is 0 Å². The van der Waals surface area contributed by atoms with Crippen molar-refractivity contribution in [3.63, 3.8) is 0 Å². The Morgan fingerprint density at radius 3 is 2.86 bits per heavy atom. The van der Waals surface area contributed by atoms with E-state index in [1.54, 1.807) is 26.1 Å². The van der Waals surface area contributed by atoms with Crippen molar-refractivity contribution in [1.82, 2.24) is 4.98 Å². The first-order valence-electron chi connectivity index (χ1n) is 7.18. The van der Waals surface area contributed by atoms with Crippen LogP contribution >= 0.6 is 0 Å². The zero-order chi connectivity index (χ0) is 16.3. The smallest absolute Gasteiger partial charge is 0.405 e. The summed E-state index contributed by atoms with van der Waals surface area (Å²) < 4.78 is 18.9. The van der Waals surface area contributed by atoms with Gasteiger partial charge in [0.2, 0.25) is 0 Å². The number of hydrogen-bond donors (Lipinski definition) is 3. The molecule has 5 nitrogen and oxygen atoms in total. The van der Waals surface area contributed by atoms with Gasteiger partial charge in [-0.2, -0.15) is 0 Å². The second-order valence-corrected chi connectivity index (χ2v) is 5.94. The standard InChI is InChI=1S/C16H21FN2O3/c1-16(2,22-15(18)21)12(4-6-20)7-11-9-13(17)8-10-3-5-19-14(10)11/h3,5,8-9,12,19-20H,4,6-7H2,1-2H3,(H2,18,21). The van der Waals surface area contributed by atoms with Gasteiger partial charge in [0.05, 0.1) is 0 Å². The molecule has 0 saturated heterocycles. The van der Waals surface area contributed by atoms with Gasteiger partial charge in [0.15, 0.2) is 0 Å². The highest BCUT2D eigenvalue weighted by molar-refractivity contribution is 5.82. The summed E-state index contributed by atoms with van der Waals surface area (Å²) in [6, 6.07) is 4.72. The summed E-state index contributed by atoms with van der Waals surface area (Å²) in [4.78, 5) is 14.2. The van der Waals surface area contributed by atoms with Crippen LogP contribution in [0.1, 0.15) is 25.8 Å². The summed E-state index contributed by atoms with van der Waals surface area (Å²) in [5.74, 6) is -0.517. The lowest BCUT2D eigenvalue weighted by Crippen LogP contribution is -2.40. The van der Waals surface area contributed by atoms with Gasteiger partial charge in [0.25, 0.3) is 0 Å². The maximum Gasteiger partial charge on any atom is 0.405 e. The Labute approximate surface area is 128 Å². The first-order valence-corrected chi connectivity index (χ1v) is 7.18. The van der Waals surface area contributed by atoms with E-state index >= 15 is 0 Å². The van der Waals surface area contributed by atoms with Crippen molar-refractivity contribution in [1.29, 1.82) is 0 Å². The lowest BCUT2D eigenvalue weighted by atomic mass is 9.82. The number of H-pyrrole nitrogens is 1. The van der Waals surface area contributed by atoms with E-state index in [1.165, 1.54) is 12.1 Å². The van der Waals surface area contributed by atoms with Gasteiger partial charge in [-0.1, -0.05) is 0 Å². The number of fused-ring (bicyclic) bond motifs is 1. The highest BCUT2D eigenvalue weighted by Gasteiger charge is 2.33. The fourth-order valence-electron chi connectivity index (χ4n) is 2.83. The molecule has 0 aliphatic carbocycles. The Bertz CT molecular complexity index is 666. The molecular formula is C16H21FN2O3. The number of amides is 1. The maximum atomic E-state index is 13.7. The Kier molecular flexibility index (Phi) is 4.71. The zero-order valence-corrected chi connectivity index (χ0v) is 12.7. The van der Waals surface area contributed by atoms with E-state index in [0.29, 0.717) is 12.8 Å². The second-order valence-electron chi connectivity index (χ2n) is 5.94. The van der Waals surface area contributed by atoms with Gasteiger partial charge >= 0.3 is 6.09 Å². The van der Waals surface area contributed by atoms with Gasteiger partial charge in [0.1, 0.15) is 11.4 Å². The van der Waals surface area contributed by atoms with Crippen molar-refractivity contribution in [2.45, 2.75) is 32.3 Å². The van der Waals surface area contributed by atoms with Crippen molar-refractivity contribution in [2.24, 2.45) is 11.7 Å². The van der Waals surface area contributed by atoms with Crippen molar-refractivity contribution < 1.29 is 19.0 Å². The van der Waals surface area contributed by atoms with Crippen LogP contribution in [0.15, 0.2) is 24.4 Å². The second kappa shape index (κ2) is 6.36. The van der Waals surface area contributed by atoms with Gasteiger partial charge in [0, 0.05) is 29.6 Å². The topological polar surface area (TPSA) is 88.3 Å². The Morgan fingerprint density at radius 2 is 2.23 bits per heavy atom. The number of nitrogens with two attached hydrogens (primary N) is 1. The summed E-state index contributed by atoms with van der Waals surface area (Å²) in [6.07, 6.45) is 1.76. The Hall–Kier alpha value is -2.08. The number of hydrogen-bond acceptors (Lipinski definition) is 3. The third-order valence-corrected chi connectivity index (χ3v) is 4.00. The van der Waals surface area contributed by atoms with Gasteiger partial charge in [-0.15, -0.1) is 0 Å². The van der Waals surface area contributed by atoms with Crippen LogP contribution in [0.3, 0.4) is 0 Å². The van der Waals surface area contributed by atoms with Gasteiger partial charge in [-0.25, -0.2) is 9.18 Å². The van der Waals surface area contributed by atoms with E-state index < -0.39 is 11.7 Å².